The largest absolute Gasteiger partial charge is 0.496 e. The lowest BCUT2D eigenvalue weighted by molar-refractivity contribution is -0.131. The van der Waals surface area contributed by atoms with Crippen LogP contribution in [-0.4, -0.2) is 24.0 Å². The highest BCUT2D eigenvalue weighted by Gasteiger charge is 2.10. The Morgan fingerprint density at radius 3 is 2.62 bits per heavy atom. The van der Waals surface area contributed by atoms with Crippen LogP contribution in [0, 0.1) is 3.57 Å². The van der Waals surface area contributed by atoms with Gasteiger partial charge in [-0.25, -0.2) is 4.79 Å². The summed E-state index contributed by atoms with van der Waals surface area (Å²) in [4.78, 5) is 21.9. The lowest BCUT2D eigenvalue weighted by atomic mass is 10.1. The average Bonchev–Trinajstić information content (AvgIpc) is 2.25. The predicted octanol–water partition coefficient (Wildman–Crippen LogP) is 2.12. The van der Waals surface area contributed by atoms with Crippen molar-refractivity contribution in [2.45, 2.75) is 0 Å². The monoisotopic (exact) mass is 332 g/mol. The van der Waals surface area contributed by atoms with Crippen LogP contribution in [0.2, 0.25) is 0 Å². The molecule has 0 unspecified atom stereocenters. The van der Waals surface area contributed by atoms with Crippen LogP contribution in [0.25, 0.3) is 0 Å². The molecule has 84 valence electrons. The van der Waals surface area contributed by atoms with Crippen LogP contribution in [-0.2, 0) is 4.79 Å². The molecule has 0 aromatic heterocycles. The number of hydrogen-bond acceptors (Lipinski definition) is 3. The van der Waals surface area contributed by atoms with Crippen molar-refractivity contribution in [2.75, 3.05) is 7.11 Å². The van der Waals surface area contributed by atoms with E-state index in [4.69, 9.17) is 9.84 Å². The number of carboxylic acid groups (broad SMARTS) is 1. The smallest absolute Gasteiger partial charge is 0.328 e. The highest BCUT2D eigenvalue weighted by atomic mass is 127. The number of methoxy groups -OCH3 is 1. The minimum atomic E-state index is -1.15. The van der Waals surface area contributed by atoms with Crippen LogP contribution in [0.4, 0.5) is 0 Å². The number of ketones is 1. The van der Waals surface area contributed by atoms with Crippen LogP contribution < -0.4 is 4.74 Å². The third-order valence-corrected chi connectivity index (χ3v) is 2.48. The van der Waals surface area contributed by atoms with Crippen LogP contribution in [0.3, 0.4) is 0 Å². The predicted molar refractivity (Wildman–Crippen MR) is 66.8 cm³/mol. The first-order valence-electron chi connectivity index (χ1n) is 4.33. The van der Waals surface area contributed by atoms with E-state index in [0.717, 1.165) is 15.7 Å². The second-order valence-electron chi connectivity index (χ2n) is 2.88. The summed E-state index contributed by atoms with van der Waals surface area (Å²) >= 11 is 2.07. The Morgan fingerprint density at radius 1 is 1.38 bits per heavy atom. The number of hydrogen-bond donors (Lipinski definition) is 1. The molecule has 1 N–H and O–H groups in total. The summed E-state index contributed by atoms with van der Waals surface area (Å²) in [5, 5.41) is 8.42. The van der Waals surface area contributed by atoms with Gasteiger partial charge in [-0.15, -0.1) is 0 Å². The van der Waals surface area contributed by atoms with E-state index in [1.54, 1.807) is 18.2 Å². The number of aliphatic carboxylic acids is 1. The third kappa shape index (κ3) is 3.34. The Bertz CT molecular complexity index is 451. The van der Waals surface area contributed by atoms with Crippen molar-refractivity contribution in [3.05, 3.63) is 39.5 Å². The maximum Gasteiger partial charge on any atom is 0.328 e. The van der Waals surface area contributed by atoms with Gasteiger partial charge in [0.05, 0.1) is 12.7 Å². The maximum atomic E-state index is 11.6. The van der Waals surface area contributed by atoms with Crippen molar-refractivity contribution >= 4 is 34.3 Å². The molecule has 1 rings (SSSR count). The van der Waals surface area contributed by atoms with E-state index in [9.17, 15) is 9.59 Å². The molecule has 16 heavy (non-hydrogen) atoms. The number of benzene rings is 1. The Hall–Kier alpha value is -1.37. The molecule has 5 heteroatoms. The molecule has 0 bridgehead atoms. The quantitative estimate of drug-likeness (QED) is 0.521. The molecule has 0 aliphatic heterocycles. The van der Waals surface area contributed by atoms with E-state index in [0.29, 0.717) is 11.3 Å². The fourth-order valence-corrected chi connectivity index (χ4v) is 1.60. The summed E-state index contributed by atoms with van der Waals surface area (Å²) in [5.74, 6) is -1.11. The Kier molecular flexibility index (Phi) is 4.48. The number of rotatable bonds is 4. The van der Waals surface area contributed by atoms with Crippen LogP contribution in [0.5, 0.6) is 5.75 Å². The molecular weight excluding hydrogens is 323 g/mol. The van der Waals surface area contributed by atoms with Gasteiger partial charge in [-0.3, -0.25) is 4.79 Å². The number of allylic oxidation sites excluding steroid dienone is 1. The molecule has 0 spiro atoms. The number of carbonyl (C=O) groups is 2. The second-order valence-corrected chi connectivity index (χ2v) is 4.13. The Morgan fingerprint density at radius 2 is 2.06 bits per heavy atom. The van der Waals surface area contributed by atoms with E-state index >= 15 is 0 Å². The van der Waals surface area contributed by atoms with Crippen molar-refractivity contribution in [3.63, 3.8) is 0 Å². The SMILES string of the molecule is COc1ccc(I)cc1C(=O)/C=C/C(=O)O. The first-order valence-corrected chi connectivity index (χ1v) is 5.41. The third-order valence-electron chi connectivity index (χ3n) is 1.80. The normalized spacial score (nSPS) is 10.4. The van der Waals surface area contributed by atoms with E-state index in [1.165, 1.54) is 7.11 Å². The Balaban J connectivity index is 3.06. The zero-order chi connectivity index (χ0) is 12.1. The van der Waals surface area contributed by atoms with Crippen molar-refractivity contribution in [3.8, 4) is 5.75 Å². The second kappa shape index (κ2) is 5.64. The molecule has 0 heterocycles. The van der Waals surface area contributed by atoms with Gasteiger partial charge in [0.15, 0.2) is 5.78 Å². The fraction of sp³-hybridized carbons (Fsp3) is 0.0909. The molecule has 1 aromatic rings. The average molecular weight is 332 g/mol. The van der Waals surface area contributed by atoms with E-state index < -0.39 is 11.8 Å². The van der Waals surface area contributed by atoms with Crippen molar-refractivity contribution in [1.29, 1.82) is 0 Å². The number of carbonyl (C=O) groups excluding carboxylic acids is 1. The highest BCUT2D eigenvalue weighted by Crippen LogP contribution is 2.21. The summed E-state index contributed by atoms with van der Waals surface area (Å²) in [7, 11) is 1.46. The summed E-state index contributed by atoms with van der Waals surface area (Å²) in [6.07, 6.45) is 1.82. The van der Waals surface area contributed by atoms with Crippen molar-refractivity contribution in [2.24, 2.45) is 0 Å². The molecule has 0 saturated carbocycles. The van der Waals surface area contributed by atoms with Gasteiger partial charge in [0.25, 0.3) is 0 Å². The first-order chi connectivity index (χ1) is 7.54. The van der Waals surface area contributed by atoms with Gasteiger partial charge in [-0.1, -0.05) is 0 Å². The van der Waals surface area contributed by atoms with E-state index in [-0.39, 0.29) is 0 Å². The van der Waals surface area contributed by atoms with Crippen LogP contribution in [0.15, 0.2) is 30.4 Å². The number of ether oxygens (including phenoxy) is 1. The zero-order valence-electron chi connectivity index (χ0n) is 8.44. The highest BCUT2D eigenvalue weighted by molar-refractivity contribution is 14.1. The van der Waals surface area contributed by atoms with Crippen molar-refractivity contribution in [1.82, 2.24) is 0 Å². The minimum Gasteiger partial charge on any atom is -0.496 e. The van der Waals surface area contributed by atoms with Gasteiger partial charge >= 0.3 is 5.97 Å². The summed E-state index contributed by atoms with van der Waals surface area (Å²) in [6, 6.07) is 5.12. The molecule has 0 saturated heterocycles. The van der Waals surface area contributed by atoms with Gasteiger partial charge in [0, 0.05) is 9.65 Å². The number of carboxylic acids is 1. The molecule has 0 atom stereocenters. The van der Waals surface area contributed by atoms with Gasteiger partial charge < -0.3 is 9.84 Å². The molecule has 0 fully saturated rings. The fourth-order valence-electron chi connectivity index (χ4n) is 1.11. The molecule has 0 aliphatic rings. The topological polar surface area (TPSA) is 63.6 Å². The summed E-state index contributed by atoms with van der Waals surface area (Å²) in [5.41, 5.74) is 0.354. The van der Waals surface area contributed by atoms with E-state index in [1.807, 2.05) is 0 Å². The lowest BCUT2D eigenvalue weighted by Crippen LogP contribution is -2.00. The van der Waals surface area contributed by atoms with Gasteiger partial charge in [-0.05, 0) is 46.9 Å². The molecule has 1 aromatic carbocycles. The molecule has 4 nitrogen and oxygen atoms in total. The molecule has 0 amide bonds. The zero-order valence-corrected chi connectivity index (χ0v) is 10.6. The summed E-state index contributed by atoms with van der Waals surface area (Å²) < 4.78 is 5.90. The molecule has 0 aliphatic carbocycles. The Labute approximate surface area is 106 Å². The summed E-state index contributed by atoms with van der Waals surface area (Å²) in [6.45, 7) is 0. The minimum absolute atomic E-state index is 0.354. The standard InChI is InChI=1S/C11H9IO4/c1-16-10-4-2-7(12)6-8(10)9(13)3-5-11(14)15/h2-6H,1H3,(H,14,15)/b5-3+. The van der Waals surface area contributed by atoms with E-state index in [2.05, 4.69) is 22.6 Å². The number of halogens is 1. The van der Waals surface area contributed by atoms with Gasteiger partial charge in [0.2, 0.25) is 0 Å². The lowest BCUT2D eigenvalue weighted by Gasteiger charge is -2.05. The van der Waals surface area contributed by atoms with Gasteiger partial charge in [-0.2, -0.15) is 0 Å². The molecule has 0 radical (unpaired) electrons. The molecular formula is C11H9IO4. The van der Waals surface area contributed by atoms with Crippen LogP contribution >= 0.6 is 22.6 Å². The first kappa shape index (κ1) is 12.7. The van der Waals surface area contributed by atoms with Crippen molar-refractivity contribution < 1.29 is 19.4 Å². The van der Waals surface area contributed by atoms with Crippen LogP contribution in [0.1, 0.15) is 10.4 Å². The van der Waals surface area contributed by atoms with Gasteiger partial charge in [0.1, 0.15) is 5.75 Å². The maximum absolute atomic E-state index is 11.6.